The van der Waals surface area contributed by atoms with Crippen LogP contribution >= 0.6 is 11.6 Å². The third kappa shape index (κ3) is 4.81. The molecule has 0 heterocycles. The first-order chi connectivity index (χ1) is 6.51. The average Bonchev–Trinajstić information content (AvgIpc) is 2.16. The Morgan fingerprint density at radius 1 is 1.43 bits per heavy atom. The Balaban J connectivity index is 4.23. The van der Waals surface area contributed by atoms with E-state index >= 15 is 0 Å². The van der Waals surface area contributed by atoms with Gasteiger partial charge in [0, 0.05) is 12.8 Å². The number of halogens is 1. The molecule has 14 heavy (non-hydrogen) atoms. The highest BCUT2D eigenvalue weighted by Crippen LogP contribution is 1.97. The van der Waals surface area contributed by atoms with Crippen LogP contribution in [0, 0.1) is 0 Å². The molecule has 5 nitrogen and oxygen atoms in total. The summed E-state index contributed by atoms with van der Waals surface area (Å²) in [5.74, 6) is -2.36. The number of amides is 1. The van der Waals surface area contributed by atoms with Crippen molar-refractivity contribution in [3.8, 4) is 0 Å². The molecule has 0 bridgehead atoms. The number of alkyl halides is 1. The van der Waals surface area contributed by atoms with Crippen molar-refractivity contribution in [3.63, 3.8) is 0 Å². The van der Waals surface area contributed by atoms with Crippen molar-refractivity contribution in [2.45, 2.75) is 25.8 Å². The van der Waals surface area contributed by atoms with Crippen LogP contribution in [0.4, 0.5) is 0 Å². The molecule has 0 aliphatic carbocycles. The van der Waals surface area contributed by atoms with Crippen LogP contribution in [0.15, 0.2) is 0 Å². The molecule has 80 valence electrons. The molecule has 0 aliphatic rings. The molecule has 0 aromatic heterocycles. The molecule has 2 N–H and O–H groups in total. The first kappa shape index (κ1) is 12.9. The maximum absolute atomic E-state index is 10.9. The number of carboxylic acid groups (broad SMARTS) is 1. The Hall–Kier alpha value is -1.10. The summed E-state index contributed by atoms with van der Waals surface area (Å²) in [6, 6.07) is -1.17. The maximum Gasteiger partial charge on any atom is 0.326 e. The van der Waals surface area contributed by atoms with E-state index in [1.165, 1.54) is 0 Å². The Kier molecular flexibility index (Phi) is 5.87. The largest absolute Gasteiger partial charge is 0.480 e. The van der Waals surface area contributed by atoms with E-state index in [9.17, 15) is 14.4 Å². The van der Waals surface area contributed by atoms with Gasteiger partial charge in [0.15, 0.2) is 0 Å². The fourth-order valence-corrected chi connectivity index (χ4v) is 0.882. The Morgan fingerprint density at radius 2 is 2.00 bits per heavy atom. The van der Waals surface area contributed by atoms with Crippen LogP contribution in [-0.4, -0.2) is 34.7 Å². The lowest BCUT2D eigenvalue weighted by atomic mass is 10.1. The van der Waals surface area contributed by atoms with Crippen molar-refractivity contribution in [1.82, 2.24) is 5.32 Å². The summed E-state index contributed by atoms with van der Waals surface area (Å²) >= 11 is 5.18. The molecule has 1 atom stereocenters. The topological polar surface area (TPSA) is 83.5 Å². The van der Waals surface area contributed by atoms with Gasteiger partial charge >= 0.3 is 5.97 Å². The van der Waals surface area contributed by atoms with Crippen LogP contribution in [0.5, 0.6) is 0 Å². The number of hydrogen-bond acceptors (Lipinski definition) is 3. The lowest BCUT2D eigenvalue weighted by Gasteiger charge is -2.11. The highest BCUT2D eigenvalue weighted by molar-refractivity contribution is 6.27. The Labute approximate surface area is 86.4 Å². The molecule has 0 saturated carbocycles. The van der Waals surface area contributed by atoms with Crippen molar-refractivity contribution in [3.05, 3.63) is 0 Å². The molecule has 0 fully saturated rings. The molecule has 0 saturated heterocycles. The van der Waals surface area contributed by atoms with Crippen LogP contribution in [0.1, 0.15) is 19.8 Å². The van der Waals surface area contributed by atoms with Gasteiger partial charge in [0.2, 0.25) is 5.91 Å². The summed E-state index contributed by atoms with van der Waals surface area (Å²) in [5.41, 5.74) is 0. The number of Topliss-reactive ketones (excluding diaryl/α,β-unsaturated/α-hetero) is 1. The van der Waals surface area contributed by atoms with Gasteiger partial charge < -0.3 is 10.4 Å². The van der Waals surface area contributed by atoms with E-state index in [0.717, 1.165) is 0 Å². The van der Waals surface area contributed by atoms with Gasteiger partial charge in [0.05, 0.1) is 0 Å². The first-order valence-corrected chi connectivity index (χ1v) is 4.64. The molecular weight excluding hydrogens is 210 g/mol. The predicted molar refractivity (Wildman–Crippen MR) is 50.2 cm³/mol. The maximum atomic E-state index is 10.9. The monoisotopic (exact) mass is 221 g/mol. The van der Waals surface area contributed by atoms with Gasteiger partial charge in [-0.2, -0.15) is 0 Å². The van der Waals surface area contributed by atoms with Gasteiger partial charge in [0.25, 0.3) is 0 Å². The van der Waals surface area contributed by atoms with Gasteiger partial charge in [-0.25, -0.2) is 4.79 Å². The molecule has 0 aromatic rings. The summed E-state index contributed by atoms with van der Waals surface area (Å²) in [6.45, 7) is 1.63. The van der Waals surface area contributed by atoms with E-state index in [-0.39, 0.29) is 24.5 Å². The molecule has 0 aromatic carbocycles. The van der Waals surface area contributed by atoms with Crippen molar-refractivity contribution in [2.24, 2.45) is 0 Å². The third-order valence-corrected chi connectivity index (χ3v) is 1.82. The first-order valence-electron chi connectivity index (χ1n) is 4.11. The van der Waals surface area contributed by atoms with E-state index in [0.29, 0.717) is 0 Å². The number of aliphatic carboxylic acids is 1. The predicted octanol–water partition coefficient (Wildman–Crippen LogP) is 0.164. The van der Waals surface area contributed by atoms with Crippen molar-refractivity contribution >= 4 is 29.3 Å². The highest BCUT2D eigenvalue weighted by Gasteiger charge is 2.21. The second-order valence-electron chi connectivity index (χ2n) is 2.69. The van der Waals surface area contributed by atoms with Gasteiger partial charge in [-0.05, 0) is 0 Å². The molecule has 0 aliphatic heterocycles. The smallest absolute Gasteiger partial charge is 0.326 e. The SMILES string of the molecule is CCC(=O)CC(NC(=O)CCl)C(=O)O. The van der Waals surface area contributed by atoms with Crippen LogP contribution in [0.2, 0.25) is 0 Å². The van der Waals surface area contributed by atoms with Gasteiger partial charge in [0.1, 0.15) is 17.7 Å². The lowest BCUT2D eigenvalue weighted by molar-refractivity contribution is -0.143. The van der Waals surface area contributed by atoms with E-state index in [2.05, 4.69) is 5.32 Å². The van der Waals surface area contributed by atoms with E-state index in [1.807, 2.05) is 0 Å². The number of carbonyl (C=O) groups excluding carboxylic acids is 2. The fourth-order valence-electron chi connectivity index (χ4n) is 0.805. The summed E-state index contributed by atoms with van der Waals surface area (Å²) in [5, 5.41) is 10.8. The number of ketones is 1. The van der Waals surface area contributed by atoms with E-state index in [1.54, 1.807) is 6.92 Å². The number of carboxylic acids is 1. The number of rotatable bonds is 6. The van der Waals surface area contributed by atoms with Crippen molar-refractivity contribution in [2.75, 3.05) is 5.88 Å². The second kappa shape index (κ2) is 6.37. The molecule has 0 radical (unpaired) electrons. The minimum atomic E-state index is -1.23. The number of hydrogen-bond donors (Lipinski definition) is 2. The molecule has 1 amide bonds. The van der Waals surface area contributed by atoms with Gasteiger partial charge in [-0.3, -0.25) is 9.59 Å². The summed E-state index contributed by atoms with van der Waals surface area (Å²) in [7, 11) is 0. The van der Waals surface area contributed by atoms with E-state index in [4.69, 9.17) is 16.7 Å². The zero-order chi connectivity index (χ0) is 11.1. The zero-order valence-electron chi connectivity index (χ0n) is 7.75. The van der Waals surface area contributed by atoms with Crippen molar-refractivity contribution < 1.29 is 19.5 Å². The molecule has 0 spiro atoms. The third-order valence-electron chi connectivity index (χ3n) is 1.58. The lowest BCUT2D eigenvalue weighted by Crippen LogP contribution is -2.42. The highest BCUT2D eigenvalue weighted by atomic mass is 35.5. The summed E-state index contributed by atoms with van der Waals surface area (Å²) in [6.07, 6.45) is 0.0506. The molecule has 6 heteroatoms. The van der Waals surface area contributed by atoms with Crippen molar-refractivity contribution in [1.29, 1.82) is 0 Å². The molecule has 0 rings (SSSR count). The molecular formula is C8H12ClNO4. The molecule has 1 unspecified atom stereocenters. The second-order valence-corrected chi connectivity index (χ2v) is 2.96. The minimum absolute atomic E-state index is 0.200. The average molecular weight is 222 g/mol. The van der Waals surface area contributed by atoms with Crippen LogP contribution in [0.3, 0.4) is 0 Å². The Morgan fingerprint density at radius 3 is 2.36 bits per heavy atom. The standard InChI is InChI=1S/C8H12ClNO4/c1-2-5(11)3-6(8(13)14)10-7(12)4-9/h6H,2-4H2,1H3,(H,10,12)(H,13,14). The van der Waals surface area contributed by atoms with Gasteiger partial charge in [-0.1, -0.05) is 6.92 Å². The van der Waals surface area contributed by atoms with Crippen LogP contribution < -0.4 is 5.32 Å². The quantitative estimate of drug-likeness (QED) is 0.626. The van der Waals surface area contributed by atoms with E-state index < -0.39 is 17.9 Å². The fraction of sp³-hybridized carbons (Fsp3) is 0.625. The number of carbonyl (C=O) groups is 3. The Bertz CT molecular complexity index is 223. The summed E-state index contributed by atoms with van der Waals surface area (Å²) in [4.78, 5) is 32.3. The zero-order valence-corrected chi connectivity index (χ0v) is 8.50. The normalized spacial score (nSPS) is 11.9. The summed E-state index contributed by atoms with van der Waals surface area (Å²) < 4.78 is 0. The number of nitrogens with one attached hydrogen (secondary N) is 1. The van der Waals surface area contributed by atoms with Crippen LogP contribution in [0.25, 0.3) is 0 Å². The van der Waals surface area contributed by atoms with Gasteiger partial charge in [-0.15, -0.1) is 11.6 Å². The van der Waals surface area contributed by atoms with Crippen LogP contribution in [-0.2, 0) is 14.4 Å². The minimum Gasteiger partial charge on any atom is -0.480 e.